The van der Waals surface area contributed by atoms with E-state index in [1.165, 1.54) is 0 Å². The summed E-state index contributed by atoms with van der Waals surface area (Å²) in [5.74, 6) is 0.858. The van der Waals surface area contributed by atoms with E-state index >= 15 is 0 Å². The molecule has 1 aliphatic heterocycles. The van der Waals surface area contributed by atoms with Gasteiger partial charge in [0.15, 0.2) is 0 Å². The number of nitrogens with zero attached hydrogens (tertiary/aromatic N) is 2. The summed E-state index contributed by atoms with van der Waals surface area (Å²) in [5, 5.41) is 0. The molecule has 0 aliphatic carbocycles. The standard InChI is InChI=1S/C24H30N2O3/c1-4-7-23(27)26-13-12-25(2)24(28)21(17-26)15-18-8-5-9-19(14-18)20-10-6-11-22(16-20)29-3/h5-6,8-11,14,16,21H,4,7,12-13,15,17H2,1-3H3/t21-/m0/s1. The fraction of sp³-hybridized carbons (Fsp3) is 0.417. The van der Waals surface area contributed by atoms with Crippen molar-refractivity contribution in [2.75, 3.05) is 33.8 Å². The third kappa shape index (κ3) is 5.17. The molecule has 0 saturated carbocycles. The van der Waals surface area contributed by atoms with Crippen LogP contribution < -0.4 is 4.74 Å². The summed E-state index contributed by atoms with van der Waals surface area (Å²) in [5.41, 5.74) is 3.27. The van der Waals surface area contributed by atoms with Crippen LogP contribution in [-0.2, 0) is 16.0 Å². The van der Waals surface area contributed by atoms with Crippen molar-refractivity contribution in [2.45, 2.75) is 26.2 Å². The molecule has 0 spiro atoms. The van der Waals surface area contributed by atoms with Gasteiger partial charge in [-0.15, -0.1) is 0 Å². The van der Waals surface area contributed by atoms with E-state index < -0.39 is 0 Å². The Bertz CT molecular complexity index is 865. The molecule has 2 amide bonds. The van der Waals surface area contributed by atoms with Crippen LogP contribution in [0, 0.1) is 5.92 Å². The third-order valence-electron chi connectivity index (χ3n) is 5.50. The zero-order valence-electron chi connectivity index (χ0n) is 17.6. The summed E-state index contributed by atoms with van der Waals surface area (Å²) in [6.07, 6.45) is 1.99. The molecule has 1 atom stereocenters. The van der Waals surface area contributed by atoms with E-state index in [2.05, 4.69) is 24.3 Å². The number of benzene rings is 2. The Morgan fingerprint density at radius 2 is 1.83 bits per heavy atom. The largest absolute Gasteiger partial charge is 0.497 e. The lowest BCUT2D eigenvalue weighted by molar-refractivity contribution is -0.134. The second-order valence-electron chi connectivity index (χ2n) is 7.68. The number of amides is 2. The van der Waals surface area contributed by atoms with Crippen molar-refractivity contribution in [1.29, 1.82) is 0 Å². The molecule has 3 rings (SSSR count). The summed E-state index contributed by atoms with van der Waals surface area (Å²) in [4.78, 5) is 29.0. The Morgan fingerprint density at radius 3 is 2.55 bits per heavy atom. The molecule has 2 aromatic carbocycles. The van der Waals surface area contributed by atoms with E-state index in [1.54, 1.807) is 12.0 Å². The first-order valence-corrected chi connectivity index (χ1v) is 10.3. The maximum Gasteiger partial charge on any atom is 0.227 e. The number of rotatable bonds is 6. The molecule has 0 aromatic heterocycles. The highest BCUT2D eigenvalue weighted by Gasteiger charge is 2.30. The van der Waals surface area contributed by atoms with Gasteiger partial charge in [-0.2, -0.15) is 0 Å². The molecule has 0 radical (unpaired) electrons. The predicted octanol–water partition coefficient (Wildman–Crippen LogP) is 3.62. The maximum absolute atomic E-state index is 12.9. The van der Waals surface area contributed by atoms with E-state index in [9.17, 15) is 9.59 Å². The Kier molecular flexibility index (Phi) is 6.91. The van der Waals surface area contributed by atoms with Crippen molar-refractivity contribution < 1.29 is 14.3 Å². The number of methoxy groups -OCH3 is 1. The summed E-state index contributed by atoms with van der Waals surface area (Å²) in [6, 6.07) is 16.2. The first kappa shape index (κ1) is 20.9. The second-order valence-corrected chi connectivity index (χ2v) is 7.68. The van der Waals surface area contributed by atoms with Crippen molar-refractivity contribution in [2.24, 2.45) is 5.92 Å². The number of hydrogen-bond donors (Lipinski definition) is 0. The molecule has 1 aliphatic rings. The van der Waals surface area contributed by atoms with Gasteiger partial charge >= 0.3 is 0 Å². The van der Waals surface area contributed by atoms with Crippen molar-refractivity contribution in [3.05, 3.63) is 54.1 Å². The van der Waals surface area contributed by atoms with Gasteiger partial charge in [0, 0.05) is 33.1 Å². The number of carbonyl (C=O) groups excluding carboxylic acids is 2. The molecule has 1 heterocycles. The molecule has 154 valence electrons. The normalized spacial score (nSPS) is 17.2. The minimum Gasteiger partial charge on any atom is -0.497 e. The highest BCUT2D eigenvalue weighted by Crippen LogP contribution is 2.26. The van der Waals surface area contributed by atoms with E-state index in [0.29, 0.717) is 32.5 Å². The number of likely N-dealkylation sites (N-methyl/N-ethyl adjacent to an activating group) is 1. The molecular formula is C24H30N2O3. The van der Waals surface area contributed by atoms with E-state index in [4.69, 9.17) is 4.74 Å². The van der Waals surface area contributed by atoms with Crippen molar-refractivity contribution in [1.82, 2.24) is 9.80 Å². The molecule has 5 nitrogen and oxygen atoms in total. The molecule has 5 heteroatoms. The van der Waals surface area contributed by atoms with Crippen LogP contribution in [0.15, 0.2) is 48.5 Å². The van der Waals surface area contributed by atoms with E-state index in [-0.39, 0.29) is 17.7 Å². The maximum atomic E-state index is 12.9. The van der Waals surface area contributed by atoms with Crippen LogP contribution in [0.2, 0.25) is 0 Å². The lowest BCUT2D eigenvalue weighted by atomic mass is 9.94. The van der Waals surface area contributed by atoms with Gasteiger partial charge in [-0.05, 0) is 41.7 Å². The Morgan fingerprint density at radius 1 is 1.10 bits per heavy atom. The van der Waals surface area contributed by atoms with Gasteiger partial charge in [0.1, 0.15) is 5.75 Å². The topological polar surface area (TPSA) is 49.9 Å². The van der Waals surface area contributed by atoms with Crippen LogP contribution >= 0.6 is 0 Å². The van der Waals surface area contributed by atoms with Crippen molar-refractivity contribution in [3.8, 4) is 16.9 Å². The summed E-state index contributed by atoms with van der Waals surface area (Å²) < 4.78 is 5.33. The van der Waals surface area contributed by atoms with Crippen LogP contribution in [0.25, 0.3) is 11.1 Å². The van der Waals surface area contributed by atoms with Gasteiger partial charge in [-0.3, -0.25) is 9.59 Å². The molecule has 0 unspecified atom stereocenters. The van der Waals surface area contributed by atoms with E-state index in [0.717, 1.165) is 28.9 Å². The minimum absolute atomic E-state index is 0.114. The Balaban J connectivity index is 1.81. The SMILES string of the molecule is CCCC(=O)N1CCN(C)C(=O)[C@@H](Cc2cccc(-c3cccc(OC)c3)c2)C1. The third-order valence-corrected chi connectivity index (χ3v) is 5.50. The lowest BCUT2D eigenvalue weighted by Gasteiger charge is -2.23. The molecule has 0 bridgehead atoms. The molecule has 29 heavy (non-hydrogen) atoms. The summed E-state index contributed by atoms with van der Waals surface area (Å²) in [7, 11) is 3.49. The average molecular weight is 395 g/mol. The van der Waals surface area contributed by atoms with Crippen LogP contribution in [0.1, 0.15) is 25.3 Å². The highest BCUT2D eigenvalue weighted by molar-refractivity contribution is 5.82. The zero-order chi connectivity index (χ0) is 20.8. The van der Waals surface area contributed by atoms with Gasteiger partial charge in [-0.25, -0.2) is 0 Å². The van der Waals surface area contributed by atoms with Gasteiger partial charge in [0.2, 0.25) is 11.8 Å². The number of carbonyl (C=O) groups is 2. The highest BCUT2D eigenvalue weighted by atomic mass is 16.5. The fourth-order valence-electron chi connectivity index (χ4n) is 3.84. The van der Waals surface area contributed by atoms with Gasteiger partial charge < -0.3 is 14.5 Å². The average Bonchev–Trinajstić information content (AvgIpc) is 2.88. The summed E-state index contributed by atoms with van der Waals surface area (Å²) in [6.45, 7) is 3.70. The van der Waals surface area contributed by atoms with Crippen LogP contribution in [0.3, 0.4) is 0 Å². The lowest BCUT2D eigenvalue weighted by Crippen LogP contribution is -2.37. The van der Waals surface area contributed by atoms with Crippen molar-refractivity contribution in [3.63, 3.8) is 0 Å². The predicted molar refractivity (Wildman–Crippen MR) is 115 cm³/mol. The van der Waals surface area contributed by atoms with Crippen molar-refractivity contribution >= 4 is 11.8 Å². The minimum atomic E-state index is -0.219. The monoisotopic (exact) mass is 394 g/mol. The molecular weight excluding hydrogens is 364 g/mol. The molecule has 0 N–H and O–H groups in total. The zero-order valence-corrected chi connectivity index (χ0v) is 17.6. The smallest absolute Gasteiger partial charge is 0.227 e. The number of ether oxygens (including phenoxy) is 1. The first-order valence-electron chi connectivity index (χ1n) is 10.3. The van der Waals surface area contributed by atoms with E-state index in [1.807, 2.05) is 43.1 Å². The number of hydrogen-bond acceptors (Lipinski definition) is 3. The second kappa shape index (κ2) is 9.59. The Hall–Kier alpha value is -2.82. The van der Waals surface area contributed by atoms with Gasteiger partial charge in [-0.1, -0.05) is 43.3 Å². The van der Waals surface area contributed by atoms with Crippen LogP contribution in [0.4, 0.5) is 0 Å². The molecule has 2 aromatic rings. The molecule has 1 fully saturated rings. The molecule has 1 saturated heterocycles. The quantitative estimate of drug-likeness (QED) is 0.752. The van der Waals surface area contributed by atoms with Crippen LogP contribution in [-0.4, -0.2) is 55.4 Å². The van der Waals surface area contributed by atoms with Gasteiger partial charge in [0.25, 0.3) is 0 Å². The Labute approximate surface area is 173 Å². The van der Waals surface area contributed by atoms with Gasteiger partial charge in [0.05, 0.1) is 13.0 Å². The van der Waals surface area contributed by atoms with Crippen LogP contribution in [0.5, 0.6) is 5.75 Å². The summed E-state index contributed by atoms with van der Waals surface area (Å²) >= 11 is 0. The fourth-order valence-corrected chi connectivity index (χ4v) is 3.84. The first-order chi connectivity index (χ1) is 14.0.